The minimum absolute atomic E-state index is 0.208. The second-order valence-electron chi connectivity index (χ2n) is 6.23. The molecule has 0 heterocycles. The van der Waals surface area contributed by atoms with Gasteiger partial charge >= 0.3 is 6.09 Å². The van der Waals surface area contributed by atoms with Gasteiger partial charge in [-0.3, -0.25) is 4.79 Å². The maximum absolute atomic E-state index is 12.3. The van der Waals surface area contributed by atoms with E-state index >= 15 is 0 Å². The number of rotatable bonds is 8. The summed E-state index contributed by atoms with van der Waals surface area (Å²) in [4.78, 5) is 24.2. The Labute approximate surface area is 138 Å². The molecule has 0 saturated carbocycles. The molecular formula is C16H26N4O3. The van der Waals surface area contributed by atoms with Gasteiger partial charge in [0.1, 0.15) is 11.6 Å². The molecule has 128 valence electrons. The number of carbonyl (C=O) groups is 2. The number of nitrogens with one attached hydrogen (secondary N) is 2. The Morgan fingerprint density at radius 1 is 1.17 bits per heavy atom. The SMILES string of the molecule is CC[C@@H](CC#N)NC(=O)[C@@H](CCCC#N)NC(=O)OC(C)(C)C. The molecule has 0 aliphatic rings. The molecule has 7 nitrogen and oxygen atoms in total. The molecule has 0 unspecified atom stereocenters. The predicted octanol–water partition coefficient (Wildman–Crippen LogP) is 2.38. The molecular weight excluding hydrogens is 296 g/mol. The van der Waals surface area contributed by atoms with E-state index in [1.165, 1.54) is 0 Å². The molecule has 0 spiro atoms. The molecule has 0 aliphatic heterocycles. The summed E-state index contributed by atoms with van der Waals surface area (Å²) < 4.78 is 5.16. The van der Waals surface area contributed by atoms with Crippen LogP contribution in [0.1, 0.15) is 59.8 Å². The van der Waals surface area contributed by atoms with Crippen LogP contribution in [-0.4, -0.2) is 29.7 Å². The molecule has 2 N–H and O–H groups in total. The Morgan fingerprint density at radius 3 is 2.30 bits per heavy atom. The third-order valence-corrected chi connectivity index (χ3v) is 2.97. The maximum atomic E-state index is 12.3. The molecule has 0 aromatic heterocycles. The normalized spacial score (nSPS) is 13.1. The highest BCUT2D eigenvalue weighted by molar-refractivity contribution is 5.85. The van der Waals surface area contributed by atoms with Crippen LogP contribution in [0.2, 0.25) is 0 Å². The monoisotopic (exact) mass is 322 g/mol. The van der Waals surface area contributed by atoms with Crippen LogP contribution in [0, 0.1) is 22.7 Å². The van der Waals surface area contributed by atoms with Gasteiger partial charge in [0, 0.05) is 12.5 Å². The third kappa shape index (κ3) is 10.1. The van der Waals surface area contributed by atoms with Crippen molar-refractivity contribution < 1.29 is 14.3 Å². The van der Waals surface area contributed by atoms with Crippen molar-refractivity contribution in [3.8, 4) is 12.1 Å². The van der Waals surface area contributed by atoms with Crippen LogP contribution >= 0.6 is 0 Å². The van der Waals surface area contributed by atoms with Crippen LogP contribution in [0.3, 0.4) is 0 Å². The molecule has 23 heavy (non-hydrogen) atoms. The van der Waals surface area contributed by atoms with Crippen LogP contribution < -0.4 is 10.6 Å². The number of carbonyl (C=O) groups excluding carboxylic acids is 2. The second-order valence-corrected chi connectivity index (χ2v) is 6.23. The van der Waals surface area contributed by atoms with Gasteiger partial charge in [-0.25, -0.2) is 4.79 Å². The van der Waals surface area contributed by atoms with E-state index in [0.29, 0.717) is 25.7 Å². The van der Waals surface area contributed by atoms with Gasteiger partial charge in [-0.2, -0.15) is 10.5 Å². The molecule has 2 amide bonds. The number of hydrogen-bond donors (Lipinski definition) is 2. The summed E-state index contributed by atoms with van der Waals surface area (Å²) in [5, 5.41) is 22.6. The standard InChI is InChI=1S/C16H26N4O3/c1-5-12(9-11-18)19-14(21)13(8-6-7-10-17)20-15(22)23-16(2,3)4/h12-13H,5-9H2,1-4H3,(H,19,21)(H,20,22)/t12-,13+/m0/s1. The molecule has 0 saturated heterocycles. The number of ether oxygens (including phenoxy) is 1. The van der Waals surface area contributed by atoms with Crippen LogP contribution in [0.15, 0.2) is 0 Å². The molecule has 0 bridgehead atoms. The molecule has 0 rings (SSSR count). The fourth-order valence-corrected chi connectivity index (χ4v) is 1.81. The lowest BCUT2D eigenvalue weighted by molar-refractivity contribution is -0.124. The van der Waals surface area contributed by atoms with E-state index in [1.807, 2.05) is 19.1 Å². The van der Waals surface area contributed by atoms with Crippen molar-refractivity contribution in [1.82, 2.24) is 10.6 Å². The van der Waals surface area contributed by atoms with Crippen molar-refractivity contribution in [2.75, 3.05) is 0 Å². The molecule has 2 atom stereocenters. The van der Waals surface area contributed by atoms with Gasteiger partial charge < -0.3 is 15.4 Å². The van der Waals surface area contributed by atoms with Crippen molar-refractivity contribution in [1.29, 1.82) is 10.5 Å². The first kappa shape index (κ1) is 20.7. The fourth-order valence-electron chi connectivity index (χ4n) is 1.81. The first-order valence-corrected chi connectivity index (χ1v) is 7.77. The molecule has 0 fully saturated rings. The summed E-state index contributed by atoms with van der Waals surface area (Å²) in [5.74, 6) is -0.365. The largest absolute Gasteiger partial charge is 0.444 e. The van der Waals surface area contributed by atoms with Gasteiger partial charge in [-0.1, -0.05) is 6.92 Å². The number of unbranched alkanes of at least 4 members (excludes halogenated alkanes) is 1. The number of alkyl carbamates (subject to hydrolysis) is 1. The zero-order chi connectivity index (χ0) is 17.9. The Hall–Kier alpha value is -2.28. The Morgan fingerprint density at radius 2 is 1.83 bits per heavy atom. The van der Waals surface area contributed by atoms with E-state index in [4.69, 9.17) is 15.3 Å². The van der Waals surface area contributed by atoms with E-state index in [-0.39, 0.29) is 18.4 Å². The van der Waals surface area contributed by atoms with Crippen LogP contribution in [0.5, 0.6) is 0 Å². The van der Waals surface area contributed by atoms with E-state index in [2.05, 4.69) is 10.6 Å². The highest BCUT2D eigenvalue weighted by Crippen LogP contribution is 2.09. The lowest BCUT2D eigenvalue weighted by Gasteiger charge is -2.24. The summed E-state index contributed by atoms with van der Waals surface area (Å²) in [6.45, 7) is 7.07. The quantitative estimate of drug-likeness (QED) is 0.666. The maximum Gasteiger partial charge on any atom is 0.408 e. The summed E-state index contributed by atoms with van der Waals surface area (Å²) in [7, 11) is 0. The Kier molecular flexibility index (Phi) is 9.41. The van der Waals surface area contributed by atoms with E-state index in [1.54, 1.807) is 20.8 Å². The highest BCUT2D eigenvalue weighted by Gasteiger charge is 2.25. The molecule has 0 aromatic carbocycles. The van der Waals surface area contributed by atoms with Crippen LogP contribution in [0.4, 0.5) is 4.79 Å². The first-order chi connectivity index (χ1) is 10.7. The fraction of sp³-hybridized carbons (Fsp3) is 0.750. The highest BCUT2D eigenvalue weighted by atomic mass is 16.6. The number of amides is 2. The predicted molar refractivity (Wildman–Crippen MR) is 85.1 cm³/mol. The van der Waals surface area contributed by atoms with Crippen molar-refractivity contribution in [3.05, 3.63) is 0 Å². The van der Waals surface area contributed by atoms with Crippen LogP contribution in [-0.2, 0) is 9.53 Å². The van der Waals surface area contributed by atoms with Crippen molar-refractivity contribution in [2.24, 2.45) is 0 Å². The topological polar surface area (TPSA) is 115 Å². The number of nitrogens with zero attached hydrogens (tertiary/aromatic N) is 2. The third-order valence-electron chi connectivity index (χ3n) is 2.97. The van der Waals surface area contributed by atoms with Crippen LogP contribution in [0.25, 0.3) is 0 Å². The Bertz CT molecular complexity index is 471. The van der Waals surface area contributed by atoms with E-state index < -0.39 is 17.7 Å². The second kappa shape index (κ2) is 10.4. The van der Waals surface area contributed by atoms with Gasteiger partial charge in [0.25, 0.3) is 0 Å². The first-order valence-electron chi connectivity index (χ1n) is 7.77. The zero-order valence-corrected chi connectivity index (χ0v) is 14.3. The van der Waals surface area contributed by atoms with Gasteiger partial charge in [-0.15, -0.1) is 0 Å². The molecule has 0 aliphatic carbocycles. The Balaban J connectivity index is 4.78. The smallest absolute Gasteiger partial charge is 0.408 e. The average Bonchev–Trinajstić information content (AvgIpc) is 2.43. The molecule has 0 radical (unpaired) electrons. The minimum Gasteiger partial charge on any atom is -0.444 e. The van der Waals surface area contributed by atoms with Crippen molar-refractivity contribution in [2.45, 2.75) is 77.5 Å². The lowest BCUT2D eigenvalue weighted by Crippen LogP contribution is -2.50. The average molecular weight is 322 g/mol. The molecule has 0 aromatic rings. The van der Waals surface area contributed by atoms with E-state index in [0.717, 1.165) is 0 Å². The van der Waals surface area contributed by atoms with Gasteiger partial charge in [-0.05, 0) is 40.0 Å². The number of hydrogen-bond acceptors (Lipinski definition) is 5. The summed E-state index contributed by atoms with van der Waals surface area (Å²) in [6.07, 6.45) is 1.27. The summed E-state index contributed by atoms with van der Waals surface area (Å²) >= 11 is 0. The summed E-state index contributed by atoms with van der Waals surface area (Å²) in [6, 6.07) is 2.98. The van der Waals surface area contributed by atoms with Crippen molar-refractivity contribution >= 4 is 12.0 Å². The lowest BCUT2D eigenvalue weighted by atomic mass is 10.1. The molecule has 7 heteroatoms. The number of nitriles is 2. The zero-order valence-electron chi connectivity index (χ0n) is 14.3. The summed E-state index contributed by atoms with van der Waals surface area (Å²) in [5.41, 5.74) is -0.662. The minimum atomic E-state index is -0.786. The van der Waals surface area contributed by atoms with E-state index in [9.17, 15) is 9.59 Å². The van der Waals surface area contributed by atoms with Gasteiger partial charge in [0.05, 0.1) is 18.6 Å². The van der Waals surface area contributed by atoms with Gasteiger partial charge in [0.2, 0.25) is 5.91 Å². The van der Waals surface area contributed by atoms with Gasteiger partial charge in [0.15, 0.2) is 0 Å². The van der Waals surface area contributed by atoms with Crippen molar-refractivity contribution in [3.63, 3.8) is 0 Å².